The smallest absolute Gasteiger partial charge is 0.312 e. The maximum Gasteiger partial charge on any atom is 0.312 e. The van der Waals surface area contributed by atoms with Crippen molar-refractivity contribution in [3.8, 4) is 0 Å². The predicted octanol–water partition coefficient (Wildman–Crippen LogP) is 2.31. The molecule has 0 spiro atoms. The van der Waals surface area contributed by atoms with Crippen LogP contribution in [0.2, 0.25) is 0 Å². The number of carboxylic acids is 1. The Kier molecular flexibility index (Phi) is 3.30. The summed E-state index contributed by atoms with van der Waals surface area (Å²) in [5.41, 5.74) is -0.732. The van der Waals surface area contributed by atoms with Crippen molar-refractivity contribution in [1.82, 2.24) is 0 Å². The minimum Gasteiger partial charge on any atom is -0.481 e. The van der Waals surface area contributed by atoms with Gasteiger partial charge in [0.2, 0.25) is 0 Å². The summed E-state index contributed by atoms with van der Waals surface area (Å²) in [7, 11) is 0. The molecule has 0 bridgehead atoms. The zero-order chi connectivity index (χ0) is 9.07. The molecule has 64 valence electrons. The standard InChI is InChI=1S/C9H16O2/c1-7(2)5-6-9(3,4)8(10)11/h5-7H,1-4H3,(H,10,11)/b6-5+. The minimum atomic E-state index is -0.783. The van der Waals surface area contributed by atoms with Crippen LogP contribution in [0.25, 0.3) is 0 Å². The summed E-state index contributed by atoms with van der Waals surface area (Å²) in [5.74, 6) is -0.372. The van der Waals surface area contributed by atoms with Crippen molar-refractivity contribution in [3.63, 3.8) is 0 Å². The van der Waals surface area contributed by atoms with Crippen LogP contribution in [0.3, 0.4) is 0 Å². The van der Waals surface area contributed by atoms with Gasteiger partial charge >= 0.3 is 5.97 Å². The van der Waals surface area contributed by atoms with E-state index in [-0.39, 0.29) is 0 Å². The van der Waals surface area contributed by atoms with Crippen LogP contribution in [0.5, 0.6) is 0 Å². The first kappa shape index (κ1) is 10.2. The Morgan fingerprint density at radius 2 is 1.91 bits per heavy atom. The van der Waals surface area contributed by atoms with Gasteiger partial charge in [0.1, 0.15) is 0 Å². The summed E-state index contributed by atoms with van der Waals surface area (Å²) < 4.78 is 0. The van der Waals surface area contributed by atoms with Crippen molar-refractivity contribution in [3.05, 3.63) is 12.2 Å². The zero-order valence-corrected chi connectivity index (χ0v) is 7.59. The molecule has 1 N–H and O–H groups in total. The van der Waals surface area contributed by atoms with Gasteiger partial charge in [-0.05, 0) is 19.8 Å². The van der Waals surface area contributed by atoms with Gasteiger partial charge in [-0.1, -0.05) is 26.0 Å². The van der Waals surface area contributed by atoms with Crippen LogP contribution in [0, 0.1) is 11.3 Å². The predicted molar refractivity (Wildman–Crippen MR) is 45.4 cm³/mol. The second-order valence-corrected chi connectivity index (χ2v) is 3.63. The number of hydrogen-bond donors (Lipinski definition) is 1. The summed E-state index contributed by atoms with van der Waals surface area (Å²) >= 11 is 0. The average Bonchev–Trinajstić information content (AvgIpc) is 1.84. The highest BCUT2D eigenvalue weighted by Gasteiger charge is 2.22. The third-order valence-corrected chi connectivity index (χ3v) is 1.45. The molecule has 0 aliphatic heterocycles. The van der Waals surface area contributed by atoms with E-state index in [1.165, 1.54) is 0 Å². The topological polar surface area (TPSA) is 37.3 Å². The van der Waals surface area contributed by atoms with Crippen molar-refractivity contribution in [2.75, 3.05) is 0 Å². The lowest BCUT2D eigenvalue weighted by Crippen LogP contribution is -2.20. The van der Waals surface area contributed by atoms with Crippen molar-refractivity contribution < 1.29 is 9.90 Å². The van der Waals surface area contributed by atoms with Crippen molar-refractivity contribution >= 4 is 5.97 Å². The third-order valence-electron chi connectivity index (χ3n) is 1.45. The van der Waals surface area contributed by atoms with Crippen LogP contribution in [-0.4, -0.2) is 11.1 Å². The van der Waals surface area contributed by atoms with Crippen LogP contribution in [-0.2, 0) is 4.79 Å². The second-order valence-electron chi connectivity index (χ2n) is 3.63. The molecule has 0 fully saturated rings. The summed E-state index contributed by atoms with van der Waals surface area (Å²) in [4.78, 5) is 10.6. The van der Waals surface area contributed by atoms with E-state index in [4.69, 9.17) is 5.11 Å². The van der Waals surface area contributed by atoms with Crippen LogP contribution in [0.4, 0.5) is 0 Å². The maximum absolute atomic E-state index is 10.6. The first-order valence-electron chi connectivity index (χ1n) is 3.79. The molecular formula is C9H16O2. The summed E-state index contributed by atoms with van der Waals surface area (Å²) in [6.45, 7) is 7.42. The van der Waals surface area contributed by atoms with Gasteiger partial charge in [0.25, 0.3) is 0 Å². The fourth-order valence-corrected chi connectivity index (χ4v) is 0.504. The number of allylic oxidation sites excluding steroid dienone is 1. The maximum atomic E-state index is 10.6. The number of rotatable bonds is 3. The lowest BCUT2D eigenvalue weighted by molar-refractivity contribution is -0.144. The largest absolute Gasteiger partial charge is 0.481 e. The van der Waals surface area contributed by atoms with Crippen LogP contribution >= 0.6 is 0 Å². The molecule has 0 heterocycles. The highest BCUT2D eigenvalue weighted by Crippen LogP contribution is 2.17. The van der Waals surface area contributed by atoms with E-state index in [9.17, 15) is 4.79 Å². The molecule has 0 aliphatic rings. The second kappa shape index (κ2) is 3.56. The quantitative estimate of drug-likeness (QED) is 0.636. The Morgan fingerprint density at radius 1 is 1.45 bits per heavy atom. The van der Waals surface area contributed by atoms with Gasteiger partial charge in [-0.25, -0.2) is 0 Å². The van der Waals surface area contributed by atoms with Gasteiger partial charge in [0.05, 0.1) is 5.41 Å². The molecule has 11 heavy (non-hydrogen) atoms. The molecule has 2 nitrogen and oxygen atoms in total. The molecule has 0 amide bonds. The number of carboxylic acid groups (broad SMARTS) is 1. The Morgan fingerprint density at radius 3 is 2.18 bits per heavy atom. The van der Waals surface area contributed by atoms with Gasteiger partial charge in [-0.15, -0.1) is 0 Å². The molecule has 0 radical (unpaired) electrons. The molecule has 0 saturated heterocycles. The minimum absolute atomic E-state index is 0.411. The van der Waals surface area contributed by atoms with Gasteiger partial charge in [0.15, 0.2) is 0 Å². The zero-order valence-electron chi connectivity index (χ0n) is 7.59. The van der Waals surface area contributed by atoms with Crippen LogP contribution < -0.4 is 0 Å². The highest BCUT2D eigenvalue weighted by atomic mass is 16.4. The SMILES string of the molecule is CC(C)/C=C/C(C)(C)C(=O)O. The molecule has 0 aliphatic carbocycles. The normalized spacial score (nSPS) is 12.8. The molecule has 0 saturated carbocycles. The van der Waals surface area contributed by atoms with Gasteiger partial charge in [-0.3, -0.25) is 4.79 Å². The first-order chi connectivity index (χ1) is 4.86. The Hall–Kier alpha value is -0.790. The van der Waals surface area contributed by atoms with Crippen molar-refractivity contribution in [2.45, 2.75) is 27.7 Å². The van der Waals surface area contributed by atoms with E-state index in [1.807, 2.05) is 19.9 Å². The van der Waals surface area contributed by atoms with Gasteiger partial charge in [0, 0.05) is 0 Å². The van der Waals surface area contributed by atoms with Crippen LogP contribution in [0.15, 0.2) is 12.2 Å². The Labute approximate surface area is 67.9 Å². The van der Waals surface area contributed by atoms with E-state index < -0.39 is 11.4 Å². The lowest BCUT2D eigenvalue weighted by atomic mass is 9.92. The van der Waals surface area contributed by atoms with Crippen molar-refractivity contribution in [2.24, 2.45) is 11.3 Å². The number of aliphatic carboxylic acids is 1. The molecule has 0 aromatic heterocycles. The first-order valence-corrected chi connectivity index (χ1v) is 3.79. The Bertz CT molecular complexity index is 166. The third kappa shape index (κ3) is 3.81. The van der Waals surface area contributed by atoms with E-state index in [0.29, 0.717) is 5.92 Å². The monoisotopic (exact) mass is 156 g/mol. The summed E-state index contributed by atoms with van der Waals surface area (Å²) in [6.07, 6.45) is 3.65. The van der Waals surface area contributed by atoms with Crippen molar-refractivity contribution in [1.29, 1.82) is 0 Å². The molecule has 0 rings (SSSR count). The summed E-state index contributed by atoms with van der Waals surface area (Å²) in [6, 6.07) is 0. The van der Waals surface area contributed by atoms with Crippen LogP contribution in [0.1, 0.15) is 27.7 Å². The molecule has 0 aromatic carbocycles. The molecule has 2 heteroatoms. The van der Waals surface area contributed by atoms with E-state index >= 15 is 0 Å². The fraction of sp³-hybridized carbons (Fsp3) is 0.667. The highest BCUT2D eigenvalue weighted by molar-refractivity contribution is 5.75. The average molecular weight is 156 g/mol. The lowest BCUT2D eigenvalue weighted by Gasteiger charge is -2.13. The number of carbonyl (C=O) groups is 1. The van der Waals surface area contributed by atoms with E-state index in [1.54, 1.807) is 19.9 Å². The van der Waals surface area contributed by atoms with Gasteiger partial charge < -0.3 is 5.11 Å². The molecule has 0 aromatic rings. The summed E-state index contributed by atoms with van der Waals surface area (Å²) in [5, 5.41) is 8.70. The van der Waals surface area contributed by atoms with E-state index in [2.05, 4.69) is 0 Å². The van der Waals surface area contributed by atoms with Gasteiger partial charge in [-0.2, -0.15) is 0 Å². The Balaban J connectivity index is 4.23. The molecule has 0 unspecified atom stereocenters. The fourth-order valence-electron chi connectivity index (χ4n) is 0.504. The van der Waals surface area contributed by atoms with E-state index in [0.717, 1.165) is 0 Å². The number of hydrogen-bond acceptors (Lipinski definition) is 1. The molecular weight excluding hydrogens is 140 g/mol. The molecule has 0 atom stereocenters.